The summed E-state index contributed by atoms with van der Waals surface area (Å²) in [5.74, 6) is -2.10. The number of benzene rings is 3. The second kappa shape index (κ2) is 10.6. The molecule has 1 aliphatic heterocycles. The van der Waals surface area contributed by atoms with E-state index in [4.69, 9.17) is 35.4 Å². The first-order valence-electron chi connectivity index (χ1n) is 10.7. The number of aryl methyl sites for hydroxylation is 1. The van der Waals surface area contributed by atoms with Crippen molar-refractivity contribution >= 4 is 69.6 Å². The molecule has 3 amide bonds. The van der Waals surface area contributed by atoms with Gasteiger partial charge in [-0.25, -0.2) is 9.40 Å². The van der Waals surface area contributed by atoms with Crippen LogP contribution in [0.2, 0.25) is 10.0 Å². The van der Waals surface area contributed by atoms with Gasteiger partial charge in [-0.2, -0.15) is 0 Å². The molecule has 36 heavy (non-hydrogen) atoms. The molecule has 3 aromatic carbocycles. The van der Waals surface area contributed by atoms with Gasteiger partial charge in [-0.1, -0.05) is 29.3 Å². The van der Waals surface area contributed by atoms with Gasteiger partial charge in [-0.3, -0.25) is 24.7 Å². The van der Waals surface area contributed by atoms with E-state index in [1.165, 1.54) is 41.4 Å². The first-order valence-corrected chi connectivity index (χ1v) is 11.9. The number of thiocarbonyl (C=S) groups is 1. The first-order chi connectivity index (χ1) is 17.1. The minimum atomic E-state index is -1.15. The number of hydrazine groups is 1. The van der Waals surface area contributed by atoms with Gasteiger partial charge in [0.2, 0.25) is 11.0 Å². The number of carbonyl (C=O) groups is 3. The maximum atomic E-state index is 13.5. The summed E-state index contributed by atoms with van der Waals surface area (Å²) in [6, 6.07) is 15.1. The maximum absolute atomic E-state index is 13.5. The minimum Gasteiger partial charge on any atom is -0.326 e. The Labute approximate surface area is 221 Å². The van der Waals surface area contributed by atoms with Crippen molar-refractivity contribution in [1.29, 1.82) is 0 Å². The third-order valence-electron chi connectivity index (χ3n) is 5.46. The zero-order valence-electron chi connectivity index (χ0n) is 18.8. The van der Waals surface area contributed by atoms with Gasteiger partial charge in [0.1, 0.15) is 11.9 Å². The average molecular weight is 545 g/mol. The summed E-state index contributed by atoms with van der Waals surface area (Å²) in [6.07, 6.45) is -0.330. The van der Waals surface area contributed by atoms with Crippen LogP contribution in [0.3, 0.4) is 0 Å². The summed E-state index contributed by atoms with van der Waals surface area (Å²) < 4.78 is 13.5. The number of hydrogen-bond acceptors (Lipinski definition) is 4. The lowest BCUT2D eigenvalue weighted by atomic mass is 10.1. The van der Waals surface area contributed by atoms with Crippen LogP contribution in [0.25, 0.3) is 0 Å². The zero-order chi connectivity index (χ0) is 26.0. The van der Waals surface area contributed by atoms with E-state index < -0.39 is 29.6 Å². The van der Waals surface area contributed by atoms with Crippen LogP contribution in [-0.4, -0.2) is 33.9 Å². The van der Waals surface area contributed by atoms with Crippen molar-refractivity contribution in [1.82, 2.24) is 10.4 Å². The fraction of sp³-hybridized carbons (Fsp3) is 0.120. The Morgan fingerprint density at radius 3 is 2.33 bits per heavy atom. The van der Waals surface area contributed by atoms with Gasteiger partial charge in [0.25, 0.3) is 11.8 Å². The molecule has 2 N–H and O–H groups in total. The number of nitrogens with one attached hydrogen (secondary N) is 2. The largest absolute Gasteiger partial charge is 0.326 e. The second-order valence-electron chi connectivity index (χ2n) is 7.98. The van der Waals surface area contributed by atoms with Gasteiger partial charge >= 0.3 is 0 Å². The molecule has 1 unspecified atom stereocenters. The molecule has 0 saturated carbocycles. The number of rotatable bonds is 6. The fourth-order valence-corrected chi connectivity index (χ4v) is 4.24. The van der Waals surface area contributed by atoms with Crippen LogP contribution in [0.1, 0.15) is 22.3 Å². The lowest BCUT2D eigenvalue weighted by Crippen LogP contribution is -2.49. The van der Waals surface area contributed by atoms with Crippen LogP contribution >= 0.6 is 35.4 Å². The van der Waals surface area contributed by atoms with E-state index in [1.54, 1.807) is 30.3 Å². The molecule has 0 radical (unpaired) electrons. The predicted octanol–water partition coefficient (Wildman–Crippen LogP) is 5.12. The van der Waals surface area contributed by atoms with Crippen LogP contribution in [-0.2, 0) is 9.59 Å². The van der Waals surface area contributed by atoms with Crippen molar-refractivity contribution in [2.45, 2.75) is 19.4 Å². The molecule has 11 heteroatoms. The molecule has 3 aromatic rings. The Hall–Kier alpha value is -3.53. The molecule has 184 valence electrons. The molecular weight excluding hydrogens is 526 g/mol. The lowest BCUT2D eigenvalue weighted by molar-refractivity contribution is -0.124. The smallest absolute Gasteiger partial charge is 0.269 e. The number of halogens is 3. The van der Waals surface area contributed by atoms with Gasteiger partial charge in [0, 0.05) is 21.3 Å². The normalized spacial score (nSPS) is 15.3. The highest BCUT2D eigenvalue weighted by Crippen LogP contribution is 2.27. The highest BCUT2D eigenvalue weighted by Gasteiger charge is 2.45. The van der Waals surface area contributed by atoms with Crippen LogP contribution in [0.4, 0.5) is 15.8 Å². The summed E-state index contributed by atoms with van der Waals surface area (Å²) in [7, 11) is 0. The lowest BCUT2D eigenvalue weighted by Gasteiger charge is -2.24. The van der Waals surface area contributed by atoms with Crippen molar-refractivity contribution in [3.05, 3.63) is 93.7 Å². The van der Waals surface area contributed by atoms with Crippen LogP contribution in [0.15, 0.2) is 66.7 Å². The predicted molar refractivity (Wildman–Crippen MR) is 140 cm³/mol. The standard InChI is InChI=1S/C25H19Cl2FN4O3S/c1-14-2-9-18(12-20(14)27)29-22(33)13-21-24(35)31(19-10-7-17(28)8-11-19)25(36)32(21)30-23(34)15-3-5-16(26)6-4-15/h2-12,21H,13H2,1H3,(H,29,33)(H,30,34). The Kier molecular flexibility index (Phi) is 7.53. The van der Waals surface area contributed by atoms with Crippen molar-refractivity contribution in [3.63, 3.8) is 0 Å². The van der Waals surface area contributed by atoms with Gasteiger partial charge in [0.15, 0.2) is 0 Å². The van der Waals surface area contributed by atoms with E-state index in [2.05, 4.69) is 10.7 Å². The van der Waals surface area contributed by atoms with Gasteiger partial charge in [-0.15, -0.1) is 0 Å². The number of hydrogen-bond donors (Lipinski definition) is 2. The number of anilines is 2. The number of amides is 3. The van der Waals surface area contributed by atoms with Crippen LogP contribution in [0, 0.1) is 12.7 Å². The Morgan fingerprint density at radius 1 is 1.03 bits per heavy atom. The Bertz CT molecular complexity index is 1350. The van der Waals surface area contributed by atoms with Crippen molar-refractivity contribution < 1.29 is 18.8 Å². The summed E-state index contributed by atoms with van der Waals surface area (Å²) in [5, 5.41) is 4.73. The minimum absolute atomic E-state index is 0.0647. The van der Waals surface area contributed by atoms with Gasteiger partial charge in [0.05, 0.1) is 12.1 Å². The quantitative estimate of drug-likeness (QED) is 0.421. The molecule has 1 atom stereocenters. The summed E-state index contributed by atoms with van der Waals surface area (Å²) in [5.41, 5.74) is 4.48. The molecule has 0 aromatic heterocycles. The van der Waals surface area contributed by atoms with Crippen molar-refractivity contribution in [3.8, 4) is 0 Å². The highest BCUT2D eigenvalue weighted by atomic mass is 35.5. The SMILES string of the molecule is Cc1ccc(NC(=O)CC2C(=O)N(c3ccc(F)cc3)C(=S)N2NC(=O)c2ccc(Cl)cc2)cc1Cl. The first kappa shape index (κ1) is 25.6. The number of nitrogens with zero attached hydrogens (tertiary/aromatic N) is 2. The van der Waals surface area contributed by atoms with E-state index in [1.807, 2.05) is 6.92 Å². The van der Waals surface area contributed by atoms with Crippen molar-refractivity contribution in [2.75, 3.05) is 10.2 Å². The summed E-state index contributed by atoms with van der Waals surface area (Å²) in [6.45, 7) is 1.83. The van der Waals surface area contributed by atoms with Gasteiger partial charge in [-0.05, 0) is 85.4 Å². The Balaban J connectivity index is 1.60. The van der Waals surface area contributed by atoms with E-state index in [0.29, 0.717) is 21.4 Å². The molecule has 1 saturated heterocycles. The highest BCUT2D eigenvalue weighted by molar-refractivity contribution is 7.80. The third kappa shape index (κ3) is 5.48. The molecular formula is C25H19Cl2FN4O3S. The monoisotopic (exact) mass is 544 g/mol. The maximum Gasteiger partial charge on any atom is 0.269 e. The second-order valence-corrected chi connectivity index (χ2v) is 9.19. The Morgan fingerprint density at radius 2 is 1.69 bits per heavy atom. The molecule has 4 rings (SSSR count). The molecule has 0 bridgehead atoms. The summed E-state index contributed by atoms with van der Waals surface area (Å²) >= 11 is 17.5. The van der Waals surface area contributed by atoms with E-state index in [9.17, 15) is 18.8 Å². The summed E-state index contributed by atoms with van der Waals surface area (Å²) in [4.78, 5) is 40.3. The molecule has 1 heterocycles. The van der Waals surface area contributed by atoms with Crippen LogP contribution < -0.4 is 15.6 Å². The fourth-order valence-electron chi connectivity index (χ4n) is 3.56. The third-order valence-corrected chi connectivity index (χ3v) is 6.50. The number of carbonyl (C=O) groups excluding carboxylic acids is 3. The molecule has 7 nitrogen and oxygen atoms in total. The zero-order valence-corrected chi connectivity index (χ0v) is 21.1. The van der Waals surface area contributed by atoms with Crippen molar-refractivity contribution in [2.24, 2.45) is 0 Å². The van der Waals surface area contributed by atoms with Gasteiger partial charge < -0.3 is 5.32 Å². The average Bonchev–Trinajstić information content (AvgIpc) is 3.06. The molecule has 1 aliphatic rings. The molecule has 1 fully saturated rings. The van der Waals surface area contributed by atoms with E-state index in [0.717, 1.165) is 10.5 Å². The molecule has 0 spiro atoms. The van der Waals surface area contributed by atoms with E-state index >= 15 is 0 Å². The van der Waals surface area contributed by atoms with E-state index in [-0.39, 0.29) is 17.1 Å². The molecule has 0 aliphatic carbocycles. The topological polar surface area (TPSA) is 81.8 Å². The van der Waals surface area contributed by atoms with Crippen LogP contribution in [0.5, 0.6) is 0 Å².